The van der Waals surface area contributed by atoms with Gasteiger partial charge in [-0.25, -0.2) is 4.98 Å². The van der Waals surface area contributed by atoms with Crippen LogP contribution in [-0.4, -0.2) is 37.7 Å². The third kappa shape index (κ3) is 7.42. The molecule has 0 saturated carbocycles. The van der Waals surface area contributed by atoms with Gasteiger partial charge in [-0.3, -0.25) is 4.99 Å². The van der Waals surface area contributed by atoms with Crippen molar-refractivity contribution in [3.63, 3.8) is 0 Å². The highest BCUT2D eigenvalue weighted by molar-refractivity contribution is 6.29. The van der Waals surface area contributed by atoms with E-state index in [1.54, 1.807) is 19.3 Å². The number of benzene rings is 1. The summed E-state index contributed by atoms with van der Waals surface area (Å²) in [7, 11) is 1.77. The van der Waals surface area contributed by atoms with Gasteiger partial charge in [0.2, 0.25) is 0 Å². The maximum Gasteiger partial charge on any atom is 0.190 e. The van der Waals surface area contributed by atoms with Gasteiger partial charge >= 0.3 is 0 Å². The molecule has 2 N–H and O–H groups in total. The molecule has 1 atom stereocenters. The van der Waals surface area contributed by atoms with Crippen LogP contribution in [0.4, 0.5) is 0 Å². The van der Waals surface area contributed by atoms with Crippen LogP contribution < -0.4 is 10.6 Å². The molecule has 0 amide bonds. The zero-order chi connectivity index (χ0) is 18.6. The van der Waals surface area contributed by atoms with Crippen LogP contribution in [0.25, 0.3) is 0 Å². The Balaban J connectivity index is 1.58. The Morgan fingerprint density at radius 3 is 2.62 bits per heavy atom. The summed E-state index contributed by atoms with van der Waals surface area (Å²) in [6, 6.07) is 14.1. The summed E-state index contributed by atoms with van der Waals surface area (Å²) in [6.45, 7) is 4.37. The minimum absolute atomic E-state index is 0.113. The molecule has 6 heteroatoms. The third-order valence-electron chi connectivity index (χ3n) is 3.97. The van der Waals surface area contributed by atoms with Crippen molar-refractivity contribution in [2.45, 2.75) is 25.9 Å². The first-order chi connectivity index (χ1) is 12.7. The number of halogens is 1. The number of pyridine rings is 1. The van der Waals surface area contributed by atoms with Crippen LogP contribution >= 0.6 is 11.6 Å². The van der Waals surface area contributed by atoms with E-state index in [1.807, 2.05) is 24.3 Å². The van der Waals surface area contributed by atoms with Crippen molar-refractivity contribution in [2.75, 3.05) is 26.7 Å². The summed E-state index contributed by atoms with van der Waals surface area (Å²) < 4.78 is 5.87. The maximum atomic E-state index is 5.87. The largest absolute Gasteiger partial charge is 0.374 e. The van der Waals surface area contributed by atoms with Crippen molar-refractivity contribution < 1.29 is 4.74 Å². The first-order valence-corrected chi connectivity index (χ1v) is 9.28. The lowest BCUT2D eigenvalue weighted by atomic mass is 10.1. The fraction of sp³-hybridized carbons (Fsp3) is 0.400. The van der Waals surface area contributed by atoms with E-state index >= 15 is 0 Å². The highest BCUT2D eigenvalue weighted by atomic mass is 35.5. The molecule has 140 valence electrons. The number of guanidine groups is 1. The van der Waals surface area contributed by atoms with E-state index in [1.165, 1.54) is 5.56 Å². The number of nitrogens with one attached hydrogen (secondary N) is 2. The Morgan fingerprint density at radius 2 is 1.92 bits per heavy atom. The fourth-order valence-corrected chi connectivity index (χ4v) is 2.57. The third-order valence-corrected chi connectivity index (χ3v) is 4.19. The van der Waals surface area contributed by atoms with Gasteiger partial charge in [-0.05, 0) is 37.0 Å². The Labute approximate surface area is 160 Å². The lowest BCUT2D eigenvalue weighted by Gasteiger charge is -2.15. The molecule has 0 radical (unpaired) electrons. The summed E-state index contributed by atoms with van der Waals surface area (Å²) in [4.78, 5) is 8.31. The van der Waals surface area contributed by atoms with Crippen LogP contribution in [0.15, 0.2) is 53.7 Å². The van der Waals surface area contributed by atoms with Crippen molar-refractivity contribution in [3.05, 3.63) is 64.9 Å². The second-order valence-electron chi connectivity index (χ2n) is 5.94. The average Bonchev–Trinajstić information content (AvgIpc) is 2.68. The van der Waals surface area contributed by atoms with Crippen LogP contribution in [0.3, 0.4) is 0 Å². The quantitative estimate of drug-likeness (QED) is 0.304. The maximum absolute atomic E-state index is 5.87. The topological polar surface area (TPSA) is 58.5 Å². The van der Waals surface area contributed by atoms with Crippen molar-refractivity contribution in [3.8, 4) is 0 Å². The zero-order valence-electron chi connectivity index (χ0n) is 15.4. The normalized spacial score (nSPS) is 12.7. The van der Waals surface area contributed by atoms with E-state index in [0.717, 1.165) is 37.5 Å². The van der Waals surface area contributed by atoms with Crippen molar-refractivity contribution >= 4 is 17.6 Å². The molecule has 0 bridgehead atoms. The van der Waals surface area contributed by atoms with Crippen LogP contribution in [0.5, 0.6) is 0 Å². The molecule has 0 aliphatic heterocycles. The highest BCUT2D eigenvalue weighted by Gasteiger charge is 2.04. The SMILES string of the molecule is CN=C(NCCCOC(C)c1ccccc1)NCCc1ccc(Cl)nc1. The minimum atomic E-state index is 0.113. The van der Waals surface area contributed by atoms with Gasteiger partial charge in [-0.1, -0.05) is 48.0 Å². The Hall–Kier alpha value is -2.11. The predicted molar refractivity (Wildman–Crippen MR) is 108 cm³/mol. The smallest absolute Gasteiger partial charge is 0.190 e. The van der Waals surface area contributed by atoms with Gasteiger partial charge in [0.15, 0.2) is 5.96 Å². The zero-order valence-corrected chi connectivity index (χ0v) is 16.2. The van der Waals surface area contributed by atoms with E-state index in [0.29, 0.717) is 11.8 Å². The number of nitrogens with zero attached hydrogens (tertiary/aromatic N) is 2. The van der Waals surface area contributed by atoms with Gasteiger partial charge < -0.3 is 15.4 Å². The van der Waals surface area contributed by atoms with Crippen molar-refractivity contribution in [1.82, 2.24) is 15.6 Å². The summed E-state index contributed by atoms with van der Waals surface area (Å²) in [6.07, 6.45) is 3.69. The van der Waals surface area contributed by atoms with Gasteiger partial charge in [0.1, 0.15) is 5.15 Å². The molecule has 1 aromatic carbocycles. The van der Waals surface area contributed by atoms with Crippen molar-refractivity contribution in [1.29, 1.82) is 0 Å². The van der Waals surface area contributed by atoms with Crippen LogP contribution in [-0.2, 0) is 11.2 Å². The van der Waals surface area contributed by atoms with Gasteiger partial charge in [-0.15, -0.1) is 0 Å². The Bertz CT molecular complexity index is 661. The molecule has 1 aromatic heterocycles. The number of hydrogen-bond donors (Lipinski definition) is 2. The molecule has 0 fully saturated rings. The van der Waals surface area contributed by atoms with E-state index in [9.17, 15) is 0 Å². The fourth-order valence-electron chi connectivity index (χ4n) is 2.46. The molecule has 5 nitrogen and oxygen atoms in total. The Kier molecular flexibility index (Phi) is 8.93. The van der Waals surface area contributed by atoms with Crippen LogP contribution in [0, 0.1) is 0 Å². The van der Waals surface area contributed by atoms with E-state index in [4.69, 9.17) is 16.3 Å². The van der Waals surface area contributed by atoms with Gasteiger partial charge in [0.25, 0.3) is 0 Å². The number of aliphatic imine (C=N–C) groups is 1. The number of ether oxygens (including phenoxy) is 1. The molecule has 0 aliphatic rings. The summed E-state index contributed by atoms with van der Waals surface area (Å²) in [5.41, 5.74) is 2.34. The number of hydrogen-bond acceptors (Lipinski definition) is 3. The van der Waals surface area contributed by atoms with E-state index < -0.39 is 0 Å². The minimum Gasteiger partial charge on any atom is -0.374 e. The summed E-state index contributed by atoms with van der Waals surface area (Å²) in [5, 5.41) is 7.11. The van der Waals surface area contributed by atoms with Crippen LogP contribution in [0.1, 0.15) is 30.6 Å². The summed E-state index contributed by atoms with van der Waals surface area (Å²) in [5.74, 6) is 0.794. The van der Waals surface area contributed by atoms with E-state index in [2.05, 4.69) is 39.7 Å². The van der Waals surface area contributed by atoms with Gasteiger partial charge in [0.05, 0.1) is 6.10 Å². The molecule has 2 aromatic rings. The van der Waals surface area contributed by atoms with Gasteiger partial charge in [0, 0.05) is 32.9 Å². The van der Waals surface area contributed by atoms with Crippen LogP contribution in [0.2, 0.25) is 5.15 Å². The van der Waals surface area contributed by atoms with Crippen molar-refractivity contribution in [2.24, 2.45) is 4.99 Å². The molecule has 0 aliphatic carbocycles. The number of aromatic nitrogens is 1. The first kappa shape index (κ1) is 20.2. The lowest BCUT2D eigenvalue weighted by molar-refractivity contribution is 0.0646. The molecule has 26 heavy (non-hydrogen) atoms. The standard InChI is InChI=1S/C20H27ClN4O/c1-16(18-7-4-3-5-8-18)26-14-6-12-23-20(22-2)24-13-11-17-9-10-19(21)25-15-17/h3-5,7-10,15-16H,6,11-14H2,1-2H3,(H2,22,23,24). The first-order valence-electron chi connectivity index (χ1n) is 8.90. The van der Waals surface area contributed by atoms with Gasteiger partial charge in [-0.2, -0.15) is 0 Å². The molecule has 1 unspecified atom stereocenters. The monoisotopic (exact) mass is 374 g/mol. The molecule has 2 rings (SSSR count). The second-order valence-corrected chi connectivity index (χ2v) is 6.33. The van der Waals surface area contributed by atoms with E-state index in [-0.39, 0.29) is 6.10 Å². The summed E-state index contributed by atoms with van der Waals surface area (Å²) >= 11 is 5.79. The number of rotatable bonds is 9. The Morgan fingerprint density at radius 1 is 1.15 bits per heavy atom. The molecule has 0 saturated heterocycles. The molecular weight excluding hydrogens is 348 g/mol. The highest BCUT2D eigenvalue weighted by Crippen LogP contribution is 2.15. The second kappa shape index (κ2) is 11.5. The molecular formula is C20H27ClN4O. The molecule has 1 heterocycles. The predicted octanol–water partition coefficient (Wildman–Crippen LogP) is 3.61. The average molecular weight is 375 g/mol. The molecule has 0 spiro atoms. The lowest BCUT2D eigenvalue weighted by Crippen LogP contribution is -2.39.